The molecule has 0 amide bonds. The third-order valence-electron chi connectivity index (χ3n) is 3.11. The Kier molecular flexibility index (Phi) is 3.85. The number of halogens is 1. The first kappa shape index (κ1) is 13.9. The van der Waals surface area contributed by atoms with Crippen LogP contribution in [0.3, 0.4) is 0 Å². The monoisotopic (exact) mass is 284 g/mol. The first-order valence-electron chi connectivity index (χ1n) is 5.76. The summed E-state index contributed by atoms with van der Waals surface area (Å²) in [6.07, 6.45) is -1.25. The number of aliphatic hydroxyl groups is 1. The van der Waals surface area contributed by atoms with E-state index < -0.39 is 28.8 Å². The van der Waals surface area contributed by atoms with Gasteiger partial charge in [-0.1, -0.05) is 0 Å². The number of benzene rings is 1. The van der Waals surface area contributed by atoms with Crippen molar-refractivity contribution in [3.8, 4) is 6.07 Å². The van der Waals surface area contributed by atoms with Crippen molar-refractivity contribution in [2.75, 3.05) is 13.2 Å². The molecular formula is C12H13FN2O3S. The van der Waals surface area contributed by atoms with Gasteiger partial charge in [-0.2, -0.15) is 9.57 Å². The van der Waals surface area contributed by atoms with Crippen LogP contribution in [0, 0.1) is 11.3 Å². The number of alkyl halides is 1. The Morgan fingerprint density at radius 2 is 2.05 bits per heavy atom. The Morgan fingerprint density at radius 3 is 2.58 bits per heavy atom. The van der Waals surface area contributed by atoms with Gasteiger partial charge in [0.1, 0.15) is 6.17 Å². The van der Waals surface area contributed by atoms with Crippen LogP contribution in [0.15, 0.2) is 29.2 Å². The molecule has 19 heavy (non-hydrogen) atoms. The van der Waals surface area contributed by atoms with Crippen LogP contribution in [0.5, 0.6) is 0 Å². The molecule has 1 fully saturated rings. The Balaban J connectivity index is 2.34. The van der Waals surface area contributed by atoms with Crippen molar-refractivity contribution in [1.82, 2.24) is 4.31 Å². The van der Waals surface area contributed by atoms with Crippen LogP contribution in [0.4, 0.5) is 4.39 Å². The topological polar surface area (TPSA) is 81.4 Å². The van der Waals surface area contributed by atoms with E-state index in [9.17, 15) is 12.8 Å². The second-order valence-corrected chi connectivity index (χ2v) is 6.27. The number of nitrogens with zero attached hydrogens (tertiary/aromatic N) is 2. The molecule has 0 spiro atoms. The highest BCUT2D eigenvalue weighted by molar-refractivity contribution is 7.89. The zero-order valence-electron chi connectivity index (χ0n) is 10.0. The average Bonchev–Trinajstić information content (AvgIpc) is 2.81. The van der Waals surface area contributed by atoms with Crippen molar-refractivity contribution in [2.45, 2.75) is 23.5 Å². The van der Waals surface area contributed by atoms with Gasteiger partial charge in [0.2, 0.25) is 10.0 Å². The SMILES string of the molecule is N#Cc1ccc(S(=O)(=O)N2C[C@@H](F)C[C@H]2CO)cc1. The molecule has 1 aliphatic rings. The van der Waals surface area contributed by atoms with E-state index in [1.165, 1.54) is 24.3 Å². The summed E-state index contributed by atoms with van der Waals surface area (Å²) in [7, 11) is -3.83. The maximum atomic E-state index is 13.3. The van der Waals surface area contributed by atoms with Gasteiger partial charge < -0.3 is 5.11 Å². The van der Waals surface area contributed by atoms with E-state index in [4.69, 9.17) is 10.4 Å². The Morgan fingerprint density at radius 1 is 1.42 bits per heavy atom. The molecule has 5 nitrogen and oxygen atoms in total. The van der Waals surface area contributed by atoms with E-state index in [1.54, 1.807) is 0 Å². The minimum atomic E-state index is -3.83. The maximum absolute atomic E-state index is 13.3. The number of hydrogen-bond donors (Lipinski definition) is 1. The summed E-state index contributed by atoms with van der Waals surface area (Å²) in [6, 6.07) is 6.58. The minimum absolute atomic E-state index is 0.000880. The fourth-order valence-corrected chi connectivity index (χ4v) is 3.78. The molecule has 0 aromatic heterocycles. The lowest BCUT2D eigenvalue weighted by molar-refractivity contribution is 0.213. The zero-order chi connectivity index (χ0) is 14.0. The lowest BCUT2D eigenvalue weighted by Gasteiger charge is -2.21. The number of aliphatic hydroxyl groups excluding tert-OH is 1. The summed E-state index contributed by atoms with van der Waals surface area (Å²) in [5.41, 5.74) is 0.349. The number of nitriles is 1. The van der Waals surface area contributed by atoms with E-state index in [2.05, 4.69) is 0 Å². The third kappa shape index (κ3) is 2.61. The van der Waals surface area contributed by atoms with Gasteiger partial charge in [-0.3, -0.25) is 0 Å². The highest BCUT2D eigenvalue weighted by Gasteiger charge is 2.39. The van der Waals surface area contributed by atoms with Crippen molar-refractivity contribution < 1.29 is 17.9 Å². The number of sulfonamides is 1. The van der Waals surface area contributed by atoms with Gasteiger partial charge in [-0.15, -0.1) is 0 Å². The summed E-state index contributed by atoms with van der Waals surface area (Å²) in [5.74, 6) is 0. The highest BCUT2D eigenvalue weighted by atomic mass is 32.2. The third-order valence-corrected chi connectivity index (χ3v) is 5.05. The van der Waals surface area contributed by atoms with E-state index in [-0.39, 0.29) is 17.9 Å². The molecule has 0 saturated carbocycles. The first-order chi connectivity index (χ1) is 8.98. The Hall–Kier alpha value is -1.49. The van der Waals surface area contributed by atoms with Gasteiger partial charge in [0.25, 0.3) is 0 Å². The minimum Gasteiger partial charge on any atom is -0.395 e. The van der Waals surface area contributed by atoms with E-state index in [0.717, 1.165) is 4.31 Å². The first-order valence-corrected chi connectivity index (χ1v) is 7.20. The van der Waals surface area contributed by atoms with Crippen LogP contribution in [0.1, 0.15) is 12.0 Å². The second-order valence-electron chi connectivity index (χ2n) is 4.38. The summed E-state index contributed by atoms with van der Waals surface area (Å²) >= 11 is 0. The molecular weight excluding hydrogens is 271 g/mol. The predicted octanol–water partition coefficient (Wildman–Crippen LogP) is 0.652. The van der Waals surface area contributed by atoms with Crippen molar-refractivity contribution >= 4 is 10.0 Å². The van der Waals surface area contributed by atoms with E-state index >= 15 is 0 Å². The van der Waals surface area contributed by atoms with Crippen molar-refractivity contribution in [2.24, 2.45) is 0 Å². The molecule has 1 aromatic rings. The smallest absolute Gasteiger partial charge is 0.243 e. The molecule has 7 heteroatoms. The quantitative estimate of drug-likeness (QED) is 0.883. The lowest BCUT2D eigenvalue weighted by atomic mass is 10.2. The predicted molar refractivity (Wildman–Crippen MR) is 65.4 cm³/mol. The van der Waals surface area contributed by atoms with Gasteiger partial charge >= 0.3 is 0 Å². The normalized spacial score (nSPS) is 24.3. The van der Waals surface area contributed by atoms with Gasteiger partial charge in [0, 0.05) is 6.54 Å². The van der Waals surface area contributed by atoms with E-state index in [1.807, 2.05) is 6.07 Å². The lowest BCUT2D eigenvalue weighted by Crippen LogP contribution is -2.37. The zero-order valence-corrected chi connectivity index (χ0v) is 10.8. The van der Waals surface area contributed by atoms with Gasteiger partial charge in [0.05, 0.1) is 29.2 Å². The summed E-state index contributed by atoms with van der Waals surface area (Å²) in [5, 5.41) is 17.8. The number of rotatable bonds is 3. The Bertz CT molecular complexity index is 594. The van der Waals surface area contributed by atoms with Gasteiger partial charge in [-0.25, -0.2) is 12.8 Å². The van der Waals surface area contributed by atoms with Gasteiger partial charge in [0.15, 0.2) is 0 Å². The van der Waals surface area contributed by atoms with E-state index in [0.29, 0.717) is 5.56 Å². The van der Waals surface area contributed by atoms with Crippen LogP contribution in [0.2, 0.25) is 0 Å². The fourth-order valence-electron chi connectivity index (χ4n) is 2.13. The highest BCUT2D eigenvalue weighted by Crippen LogP contribution is 2.27. The molecule has 1 saturated heterocycles. The fraction of sp³-hybridized carbons (Fsp3) is 0.417. The molecule has 1 heterocycles. The molecule has 1 N–H and O–H groups in total. The standard InChI is InChI=1S/C12H13FN2O3S/c13-10-5-11(8-16)15(7-10)19(17,18)12-3-1-9(6-14)2-4-12/h1-4,10-11,16H,5,7-8H2/t10-,11-/m0/s1. The molecule has 102 valence electrons. The van der Waals surface area contributed by atoms with Crippen molar-refractivity contribution in [3.63, 3.8) is 0 Å². The summed E-state index contributed by atoms with van der Waals surface area (Å²) < 4.78 is 38.9. The molecule has 1 aromatic carbocycles. The molecule has 2 rings (SSSR count). The summed E-state index contributed by atoms with van der Waals surface area (Å²) in [4.78, 5) is -0.000880. The molecule has 2 atom stereocenters. The number of hydrogen-bond acceptors (Lipinski definition) is 4. The van der Waals surface area contributed by atoms with Gasteiger partial charge in [-0.05, 0) is 30.7 Å². The van der Waals surface area contributed by atoms with Crippen molar-refractivity contribution in [1.29, 1.82) is 5.26 Å². The van der Waals surface area contributed by atoms with Crippen LogP contribution < -0.4 is 0 Å². The molecule has 0 bridgehead atoms. The molecule has 0 aliphatic carbocycles. The van der Waals surface area contributed by atoms with Crippen LogP contribution >= 0.6 is 0 Å². The summed E-state index contributed by atoms with van der Waals surface area (Å²) in [6.45, 7) is -0.649. The second kappa shape index (κ2) is 5.25. The largest absolute Gasteiger partial charge is 0.395 e. The van der Waals surface area contributed by atoms with Crippen molar-refractivity contribution in [3.05, 3.63) is 29.8 Å². The van der Waals surface area contributed by atoms with Crippen LogP contribution in [-0.2, 0) is 10.0 Å². The molecule has 1 aliphatic heterocycles. The average molecular weight is 284 g/mol. The molecule has 0 unspecified atom stereocenters. The Labute approximate surface area is 110 Å². The van der Waals surface area contributed by atoms with Crippen LogP contribution in [0.25, 0.3) is 0 Å². The van der Waals surface area contributed by atoms with Crippen LogP contribution in [-0.4, -0.2) is 43.2 Å². The maximum Gasteiger partial charge on any atom is 0.243 e. The molecule has 0 radical (unpaired) electrons.